The summed E-state index contributed by atoms with van der Waals surface area (Å²) in [6, 6.07) is 7.61. The minimum absolute atomic E-state index is 0.00602. The van der Waals surface area contributed by atoms with Gasteiger partial charge in [-0.2, -0.15) is 0 Å². The maximum atomic E-state index is 12.2. The number of nitrogens with one attached hydrogen (secondary N) is 1. The third-order valence-corrected chi connectivity index (χ3v) is 5.49. The van der Waals surface area contributed by atoms with E-state index < -0.39 is 0 Å². The maximum absolute atomic E-state index is 12.2. The van der Waals surface area contributed by atoms with Crippen LogP contribution in [-0.4, -0.2) is 78.9 Å². The standard InChI is InChI=1S/C18H25BrN4O2/c19-15-5-1-2-6-16(15)20-17(24)13-21-9-11-22(12-10-21)14-18(25)23-7-3-4-8-23/h1-2,5-6H,3-4,7-14H2,(H,20,24). The van der Waals surface area contributed by atoms with Gasteiger partial charge in [-0.15, -0.1) is 0 Å². The molecule has 2 aliphatic rings. The summed E-state index contributed by atoms with van der Waals surface area (Å²) in [5.74, 6) is 0.242. The fourth-order valence-electron chi connectivity index (χ4n) is 3.32. The number of carbonyl (C=O) groups excluding carboxylic acids is 2. The molecule has 2 aliphatic heterocycles. The van der Waals surface area contributed by atoms with Crippen molar-refractivity contribution >= 4 is 33.4 Å². The smallest absolute Gasteiger partial charge is 0.238 e. The Labute approximate surface area is 157 Å². The molecule has 2 heterocycles. The van der Waals surface area contributed by atoms with Gasteiger partial charge in [0.25, 0.3) is 0 Å². The first-order valence-corrected chi connectivity index (χ1v) is 9.68. The number of rotatable bonds is 5. The van der Waals surface area contributed by atoms with Crippen LogP contribution in [0.15, 0.2) is 28.7 Å². The number of hydrogen-bond acceptors (Lipinski definition) is 4. The Morgan fingerprint density at radius 2 is 1.52 bits per heavy atom. The van der Waals surface area contributed by atoms with Crippen molar-refractivity contribution in [3.8, 4) is 0 Å². The molecular formula is C18H25BrN4O2. The largest absolute Gasteiger partial charge is 0.342 e. The van der Waals surface area contributed by atoms with E-state index in [-0.39, 0.29) is 11.8 Å². The van der Waals surface area contributed by atoms with Gasteiger partial charge < -0.3 is 10.2 Å². The van der Waals surface area contributed by atoms with E-state index >= 15 is 0 Å². The first kappa shape index (κ1) is 18.4. The summed E-state index contributed by atoms with van der Waals surface area (Å²) in [5, 5.41) is 2.94. The molecule has 1 aromatic carbocycles. The minimum atomic E-state index is -0.00602. The van der Waals surface area contributed by atoms with Crippen LogP contribution < -0.4 is 5.32 Å². The summed E-state index contributed by atoms with van der Waals surface area (Å²) in [5.41, 5.74) is 0.794. The minimum Gasteiger partial charge on any atom is -0.342 e. The van der Waals surface area contributed by atoms with E-state index in [1.54, 1.807) is 0 Å². The molecule has 0 unspecified atom stereocenters. The van der Waals surface area contributed by atoms with Gasteiger partial charge in [-0.05, 0) is 40.9 Å². The van der Waals surface area contributed by atoms with E-state index in [4.69, 9.17) is 0 Å². The van der Waals surface area contributed by atoms with Crippen LogP contribution in [0.25, 0.3) is 0 Å². The molecule has 2 amide bonds. The summed E-state index contributed by atoms with van der Waals surface area (Å²) in [6.07, 6.45) is 2.26. The van der Waals surface area contributed by atoms with E-state index in [0.29, 0.717) is 13.1 Å². The third-order valence-electron chi connectivity index (χ3n) is 4.80. The summed E-state index contributed by atoms with van der Waals surface area (Å²) in [6.45, 7) is 6.02. The van der Waals surface area contributed by atoms with Crippen LogP contribution in [0.1, 0.15) is 12.8 Å². The topological polar surface area (TPSA) is 55.9 Å². The predicted octanol–water partition coefficient (Wildman–Crippen LogP) is 1.63. The number of likely N-dealkylation sites (tertiary alicyclic amines) is 1. The first-order valence-electron chi connectivity index (χ1n) is 8.89. The number of piperazine rings is 1. The Kier molecular flexibility index (Phi) is 6.45. The van der Waals surface area contributed by atoms with Gasteiger partial charge in [0, 0.05) is 43.7 Å². The van der Waals surface area contributed by atoms with Crippen LogP contribution in [0.3, 0.4) is 0 Å². The third kappa shape index (κ3) is 5.26. The van der Waals surface area contributed by atoms with E-state index in [0.717, 1.165) is 62.3 Å². The lowest BCUT2D eigenvalue weighted by Gasteiger charge is -2.34. The summed E-state index contributed by atoms with van der Waals surface area (Å²) < 4.78 is 0.883. The number of anilines is 1. The second-order valence-corrected chi connectivity index (χ2v) is 7.52. The molecule has 0 aliphatic carbocycles. The van der Waals surface area contributed by atoms with Crippen molar-refractivity contribution in [1.82, 2.24) is 14.7 Å². The summed E-state index contributed by atoms with van der Waals surface area (Å²) in [7, 11) is 0. The maximum Gasteiger partial charge on any atom is 0.238 e. The number of hydrogen-bond donors (Lipinski definition) is 1. The Bertz CT molecular complexity index is 611. The molecule has 0 spiro atoms. The highest BCUT2D eigenvalue weighted by Crippen LogP contribution is 2.21. The quantitative estimate of drug-likeness (QED) is 0.804. The number of nitrogens with zero attached hydrogens (tertiary/aromatic N) is 3. The zero-order valence-corrected chi connectivity index (χ0v) is 16.0. The molecular weight excluding hydrogens is 384 g/mol. The van der Waals surface area contributed by atoms with Crippen LogP contribution in [0, 0.1) is 0 Å². The molecule has 0 atom stereocenters. The van der Waals surface area contributed by atoms with Gasteiger partial charge in [-0.25, -0.2) is 0 Å². The molecule has 2 saturated heterocycles. The Morgan fingerprint density at radius 1 is 0.920 bits per heavy atom. The molecule has 0 bridgehead atoms. The molecule has 1 aromatic rings. The highest BCUT2D eigenvalue weighted by Gasteiger charge is 2.24. The molecule has 6 nitrogen and oxygen atoms in total. The van der Waals surface area contributed by atoms with Crippen molar-refractivity contribution in [3.05, 3.63) is 28.7 Å². The van der Waals surface area contributed by atoms with E-state index in [1.165, 1.54) is 0 Å². The van der Waals surface area contributed by atoms with Crippen molar-refractivity contribution in [2.75, 3.05) is 57.7 Å². The molecule has 1 N–H and O–H groups in total. The molecule has 136 valence electrons. The van der Waals surface area contributed by atoms with Crippen molar-refractivity contribution in [2.45, 2.75) is 12.8 Å². The molecule has 7 heteroatoms. The summed E-state index contributed by atoms with van der Waals surface area (Å²) in [4.78, 5) is 30.7. The monoisotopic (exact) mass is 408 g/mol. The molecule has 25 heavy (non-hydrogen) atoms. The van der Waals surface area contributed by atoms with Gasteiger partial charge in [0.05, 0.1) is 18.8 Å². The highest BCUT2D eigenvalue weighted by atomic mass is 79.9. The van der Waals surface area contributed by atoms with Gasteiger partial charge in [0.1, 0.15) is 0 Å². The van der Waals surface area contributed by atoms with E-state index in [9.17, 15) is 9.59 Å². The summed E-state index contributed by atoms with van der Waals surface area (Å²) >= 11 is 3.44. The van der Waals surface area contributed by atoms with Gasteiger partial charge in [0.15, 0.2) is 0 Å². The molecule has 3 rings (SSSR count). The van der Waals surface area contributed by atoms with Crippen molar-refractivity contribution in [3.63, 3.8) is 0 Å². The Hall–Kier alpha value is -1.44. The SMILES string of the molecule is O=C(CN1CCN(CC(=O)N2CCCC2)CC1)Nc1ccccc1Br. The zero-order valence-electron chi connectivity index (χ0n) is 14.4. The average molecular weight is 409 g/mol. The van der Waals surface area contributed by atoms with Crippen LogP contribution in [-0.2, 0) is 9.59 Å². The highest BCUT2D eigenvalue weighted by molar-refractivity contribution is 9.10. The van der Waals surface area contributed by atoms with Gasteiger partial charge >= 0.3 is 0 Å². The number of halogens is 1. The lowest BCUT2D eigenvalue weighted by atomic mass is 10.3. The first-order chi connectivity index (χ1) is 12.1. The number of carbonyl (C=O) groups is 2. The predicted molar refractivity (Wildman–Crippen MR) is 101 cm³/mol. The van der Waals surface area contributed by atoms with Crippen LogP contribution in [0.5, 0.6) is 0 Å². The normalized spacial score (nSPS) is 19.2. The van der Waals surface area contributed by atoms with Crippen LogP contribution in [0.4, 0.5) is 5.69 Å². The van der Waals surface area contributed by atoms with Gasteiger partial charge in [-0.3, -0.25) is 19.4 Å². The molecule has 0 radical (unpaired) electrons. The zero-order chi connectivity index (χ0) is 17.6. The van der Waals surface area contributed by atoms with E-state index in [1.807, 2.05) is 29.2 Å². The van der Waals surface area contributed by atoms with Crippen molar-refractivity contribution in [1.29, 1.82) is 0 Å². The Morgan fingerprint density at radius 3 is 2.16 bits per heavy atom. The fraction of sp³-hybridized carbons (Fsp3) is 0.556. The van der Waals surface area contributed by atoms with Crippen LogP contribution >= 0.6 is 15.9 Å². The van der Waals surface area contributed by atoms with Gasteiger partial charge in [0.2, 0.25) is 11.8 Å². The number of para-hydroxylation sites is 1. The van der Waals surface area contributed by atoms with E-state index in [2.05, 4.69) is 31.0 Å². The van der Waals surface area contributed by atoms with Crippen LogP contribution in [0.2, 0.25) is 0 Å². The van der Waals surface area contributed by atoms with Crippen molar-refractivity contribution in [2.24, 2.45) is 0 Å². The lowest BCUT2D eigenvalue weighted by Crippen LogP contribution is -2.51. The number of benzene rings is 1. The van der Waals surface area contributed by atoms with Crippen molar-refractivity contribution < 1.29 is 9.59 Å². The second kappa shape index (κ2) is 8.78. The second-order valence-electron chi connectivity index (χ2n) is 6.67. The lowest BCUT2D eigenvalue weighted by molar-refractivity contribution is -0.132. The van der Waals surface area contributed by atoms with Gasteiger partial charge in [-0.1, -0.05) is 12.1 Å². The molecule has 2 fully saturated rings. The number of amides is 2. The molecule has 0 saturated carbocycles. The fourth-order valence-corrected chi connectivity index (χ4v) is 3.70. The Balaban J connectivity index is 1.39. The average Bonchev–Trinajstić information content (AvgIpc) is 3.13. The molecule has 0 aromatic heterocycles.